The Morgan fingerprint density at radius 3 is 2.88 bits per heavy atom. The minimum Gasteiger partial charge on any atom is -0.385 e. The highest BCUT2D eigenvalue weighted by atomic mass is 16.3. The van der Waals surface area contributed by atoms with E-state index < -0.39 is 5.60 Å². The Bertz CT molecular complexity index is 336. The summed E-state index contributed by atoms with van der Waals surface area (Å²) in [5, 5.41) is 10.9. The van der Waals surface area contributed by atoms with Gasteiger partial charge in [0.1, 0.15) is 0 Å². The Balaban J connectivity index is 2.33. The average molecular weight is 219 g/mol. The maximum Gasteiger partial charge on any atom is 0.0941 e. The second kappa shape index (κ2) is 4.54. The fourth-order valence-electron chi connectivity index (χ4n) is 3.04. The molecule has 2 nitrogen and oxygen atoms in total. The molecule has 0 aromatic carbocycles. The Hall–Kier alpha value is -0.890. The summed E-state index contributed by atoms with van der Waals surface area (Å²) in [6.07, 6.45) is 7.95. The first-order valence-corrected chi connectivity index (χ1v) is 6.27. The monoisotopic (exact) mass is 219 g/mol. The highest BCUT2D eigenvalue weighted by molar-refractivity contribution is 5.20. The lowest BCUT2D eigenvalue weighted by atomic mass is 9.67. The third-order valence-corrected chi connectivity index (χ3v) is 3.90. The molecule has 16 heavy (non-hydrogen) atoms. The van der Waals surface area contributed by atoms with Gasteiger partial charge in [-0.25, -0.2) is 0 Å². The highest BCUT2D eigenvalue weighted by Gasteiger charge is 2.41. The molecule has 88 valence electrons. The van der Waals surface area contributed by atoms with Crippen LogP contribution in [0.5, 0.6) is 0 Å². The molecule has 1 aromatic rings. The summed E-state index contributed by atoms with van der Waals surface area (Å²) in [6.45, 7) is 4.41. The second-order valence-corrected chi connectivity index (χ2v) is 5.26. The van der Waals surface area contributed by atoms with E-state index >= 15 is 0 Å². The molecule has 0 bridgehead atoms. The number of aliphatic hydroxyl groups is 1. The van der Waals surface area contributed by atoms with Crippen molar-refractivity contribution >= 4 is 0 Å². The molecule has 2 unspecified atom stereocenters. The number of pyridine rings is 1. The van der Waals surface area contributed by atoms with Crippen LogP contribution in [0.15, 0.2) is 24.5 Å². The zero-order valence-electron chi connectivity index (χ0n) is 10.2. The van der Waals surface area contributed by atoms with Crippen molar-refractivity contribution in [3.05, 3.63) is 30.1 Å². The van der Waals surface area contributed by atoms with Crippen LogP contribution in [0.4, 0.5) is 0 Å². The lowest BCUT2D eigenvalue weighted by Crippen LogP contribution is -2.40. The molecule has 0 saturated heterocycles. The zero-order chi connectivity index (χ0) is 11.6. The van der Waals surface area contributed by atoms with Crippen LogP contribution in [0.2, 0.25) is 0 Å². The zero-order valence-corrected chi connectivity index (χ0v) is 10.2. The lowest BCUT2D eigenvalue weighted by molar-refractivity contribution is -0.0723. The van der Waals surface area contributed by atoms with Crippen molar-refractivity contribution < 1.29 is 5.11 Å². The predicted octanol–water partition coefficient (Wildman–Crippen LogP) is 3.12. The van der Waals surface area contributed by atoms with Gasteiger partial charge in [0.2, 0.25) is 0 Å². The predicted molar refractivity (Wildman–Crippen MR) is 64.9 cm³/mol. The Kier molecular flexibility index (Phi) is 3.29. The van der Waals surface area contributed by atoms with E-state index in [9.17, 15) is 5.11 Å². The highest BCUT2D eigenvalue weighted by Crippen LogP contribution is 2.44. The molecule has 1 aromatic heterocycles. The van der Waals surface area contributed by atoms with Gasteiger partial charge in [-0.1, -0.05) is 32.8 Å². The van der Waals surface area contributed by atoms with E-state index in [4.69, 9.17) is 0 Å². The molecule has 2 rings (SSSR count). The number of aromatic nitrogens is 1. The van der Waals surface area contributed by atoms with Crippen LogP contribution in [-0.2, 0) is 5.60 Å². The van der Waals surface area contributed by atoms with Gasteiger partial charge in [0, 0.05) is 18.0 Å². The Morgan fingerprint density at radius 2 is 2.25 bits per heavy atom. The van der Waals surface area contributed by atoms with Gasteiger partial charge in [-0.2, -0.15) is 0 Å². The van der Waals surface area contributed by atoms with Crippen molar-refractivity contribution in [1.82, 2.24) is 4.98 Å². The summed E-state index contributed by atoms with van der Waals surface area (Å²) in [4.78, 5) is 4.14. The summed E-state index contributed by atoms with van der Waals surface area (Å²) in [6, 6.07) is 3.92. The van der Waals surface area contributed by atoms with Crippen LogP contribution >= 0.6 is 0 Å². The van der Waals surface area contributed by atoms with Gasteiger partial charge in [-0.3, -0.25) is 4.98 Å². The Morgan fingerprint density at radius 1 is 1.44 bits per heavy atom. The number of hydrogen-bond acceptors (Lipinski definition) is 2. The fraction of sp³-hybridized carbons (Fsp3) is 0.643. The molecule has 2 atom stereocenters. The number of nitrogens with zero attached hydrogens (tertiary/aromatic N) is 1. The maximum atomic E-state index is 10.9. The van der Waals surface area contributed by atoms with Gasteiger partial charge in [0.25, 0.3) is 0 Å². The van der Waals surface area contributed by atoms with Gasteiger partial charge < -0.3 is 5.11 Å². The van der Waals surface area contributed by atoms with Crippen LogP contribution < -0.4 is 0 Å². The van der Waals surface area contributed by atoms with Gasteiger partial charge >= 0.3 is 0 Å². The van der Waals surface area contributed by atoms with E-state index in [1.165, 1.54) is 6.42 Å². The molecule has 0 radical (unpaired) electrons. The van der Waals surface area contributed by atoms with E-state index in [0.29, 0.717) is 11.8 Å². The van der Waals surface area contributed by atoms with Crippen molar-refractivity contribution in [3.63, 3.8) is 0 Å². The minimum atomic E-state index is -0.652. The van der Waals surface area contributed by atoms with E-state index in [-0.39, 0.29) is 0 Å². The van der Waals surface area contributed by atoms with Crippen LogP contribution in [-0.4, -0.2) is 10.1 Å². The van der Waals surface area contributed by atoms with Crippen LogP contribution in [0, 0.1) is 11.8 Å². The first kappa shape index (κ1) is 11.6. The molecule has 2 heteroatoms. The first-order chi connectivity index (χ1) is 7.64. The summed E-state index contributed by atoms with van der Waals surface area (Å²) < 4.78 is 0. The summed E-state index contributed by atoms with van der Waals surface area (Å²) in [5.74, 6) is 0.885. The largest absolute Gasteiger partial charge is 0.385 e. The van der Waals surface area contributed by atoms with Crippen molar-refractivity contribution in [3.8, 4) is 0 Å². The van der Waals surface area contributed by atoms with Crippen LogP contribution in [0.1, 0.15) is 45.1 Å². The molecule has 1 aliphatic carbocycles. The van der Waals surface area contributed by atoms with Gasteiger partial charge in [-0.05, 0) is 30.7 Å². The summed E-state index contributed by atoms with van der Waals surface area (Å²) in [7, 11) is 0. The van der Waals surface area contributed by atoms with Gasteiger partial charge in [0.15, 0.2) is 0 Å². The van der Waals surface area contributed by atoms with Crippen LogP contribution in [0.3, 0.4) is 0 Å². The topological polar surface area (TPSA) is 33.1 Å². The number of hydrogen-bond donors (Lipinski definition) is 1. The smallest absolute Gasteiger partial charge is 0.0941 e. The average Bonchev–Trinajstić information content (AvgIpc) is 2.30. The van der Waals surface area contributed by atoms with Crippen molar-refractivity contribution in [2.75, 3.05) is 0 Å². The maximum absolute atomic E-state index is 10.9. The molecule has 0 aliphatic heterocycles. The van der Waals surface area contributed by atoms with E-state index in [1.807, 2.05) is 18.3 Å². The lowest BCUT2D eigenvalue weighted by Gasteiger charge is -2.42. The van der Waals surface area contributed by atoms with Gasteiger partial charge in [0.05, 0.1) is 5.60 Å². The number of rotatable bonds is 2. The molecular weight excluding hydrogens is 198 g/mol. The molecule has 0 spiro atoms. The van der Waals surface area contributed by atoms with Crippen molar-refractivity contribution in [1.29, 1.82) is 0 Å². The SMILES string of the molecule is CC(C)C1CCCCC1(O)c1cccnc1. The molecule has 1 heterocycles. The molecule has 1 aliphatic rings. The van der Waals surface area contributed by atoms with Crippen LogP contribution in [0.25, 0.3) is 0 Å². The molecule has 1 fully saturated rings. The standard InChI is InChI=1S/C14H21NO/c1-11(2)13-7-3-4-8-14(13,16)12-6-5-9-15-10-12/h5-6,9-11,13,16H,3-4,7-8H2,1-2H3. The van der Waals surface area contributed by atoms with Crippen molar-refractivity contribution in [2.45, 2.75) is 45.1 Å². The van der Waals surface area contributed by atoms with E-state index in [1.54, 1.807) is 6.20 Å². The quantitative estimate of drug-likeness (QED) is 0.829. The molecule has 0 amide bonds. The fourth-order valence-corrected chi connectivity index (χ4v) is 3.04. The first-order valence-electron chi connectivity index (χ1n) is 6.27. The third kappa shape index (κ3) is 1.99. The molecule has 1 saturated carbocycles. The molecular formula is C14H21NO. The van der Waals surface area contributed by atoms with E-state index in [0.717, 1.165) is 24.8 Å². The normalized spacial score (nSPS) is 30.6. The van der Waals surface area contributed by atoms with Gasteiger partial charge in [-0.15, -0.1) is 0 Å². The second-order valence-electron chi connectivity index (χ2n) is 5.26. The third-order valence-electron chi connectivity index (χ3n) is 3.90. The summed E-state index contributed by atoms with van der Waals surface area (Å²) >= 11 is 0. The Labute approximate surface area is 97.7 Å². The summed E-state index contributed by atoms with van der Waals surface area (Å²) in [5.41, 5.74) is 0.342. The van der Waals surface area contributed by atoms with E-state index in [2.05, 4.69) is 18.8 Å². The molecule has 1 N–H and O–H groups in total. The van der Waals surface area contributed by atoms with Crippen molar-refractivity contribution in [2.24, 2.45) is 11.8 Å². The minimum absolute atomic E-state index is 0.366.